The summed E-state index contributed by atoms with van der Waals surface area (Å²) >= 11 is 0. The molecule has 6 heteroatoms. The van der Waals surface area contributed by atoms with Crippen molar-refractivity contribution in [1.82, 2.24) is 0 Å². The molecule has 0 aromatic carbocycles. The summed E-state index contributed by atoms with van der Waals surface area (Å²) < 4.78 is 11.8. The predicted molar refractivity (Wildman–Crippen MR) is 153 cm³/mol. The van der Waals surface area contributed by atoms with Crippen LogP contribution in [-0.4, -0.2) is 42.6 Å². The largest absolute Gasteiger partial charge is 0.481 e. The Morgan fingerprint density at radius 2 is 1.65 bits per heavy atom. The van der Waals surface area contributed by atoms with E-state index in [4.69, 9.17) is 9.47 Å². The first kappa shape index (κ1) is 29.8. The molecule has 5 rings (SSSR count). The van der Waals surface area contributed by atoms with Crippen LogP contribution in [0.1, 0.15) is 113 Å². The fourth-order valence-corrected chi connectivity index (χ4v) is 11.1. The third-order valence-electron chi connectivity index (χ3n) is 13.8. The lowest BCUT2D eigenvalue weighted by Crippen LogP contribution is -2.68. The van der Waals surface area contributed by atoms with Crippen molar-refractivity contribution in [2.24, 2.45) is 50.2 Å². The first-order valence-corrected chi connectivity index (χ1v) is 15.8. The second-order valence-electron chi connectivity index (χ2n) is 15.7. The molecule has 0 aliphatic heterocycles. The van der Waals surface area contributed by atoms with E-state index in [9.17, 15) is 19.5 Å². The lowest BCUT2D eigenvalue weighted by atomic mass is 9.33. The molecule has 4 fully saturated rings. The van der Waals surface area contributed by atoms with Gasteiger partial charge in [-0.15, -0.1) is 0 Å². The number of allylic oxidation sites excluding steroid dienone is 2. The Labute approximate surface area is 241 Å². The zero-order valence-corrected chi connectivity index (χ0v) is 26.2. The van der Waals surface area contributed by atoms with E-state index in [0.29, 0.717) is 19.4 Å². The van der Waals surface area contributed by atoms with Crippen LogP contribution in [-0.2, 0) is 23.9 Å². The molecule has 6 nitrogen and oxygen atoms in total. The van der Waals surface area contributed by atoms with E-state index in [2.05, 4.69) is 34.6 Å². The first-order valence-electron chi connectivity index (χ1n) is 15.8. The highest BCUT2D eigenvalue weighted by Gasteiger charge is 2.72. The molecule has 0 aromatic rings. The molecule has 0 bridgehead atoms. The van der Waals surface area contributed by atoms with E-state index < -0.39 is 16.8 Å². The number of esters is 1. The summed E-state index contributed by atoms with van der Waals surface area (Å²) in [5.74, 6) is -0.848. The summed E-state index contributed by atoms with van der Waals surface area (Å²) in [6.07, 6.45) is 10.2. The lowest BCUT2D eigenvalue weighted by Gasteiger charge is -2.70. The average Bonchev–Trinajstić information content (AvgIpc) is 2.89. The Balaban J connectivity index is 1.59. The van der Waals surface area contributed by atoms with Crippen LogP contribution >= 0.6 is 0 Å². The maximum atomic E-state index is 14.5. The molecular weight excluding hydrogens is 504 g/mol. The third-order valence-corrected chi connectivity index (χ3v) is 13.8. The molecule has 1 N–H and O–H groups in total. The summed E-state index contributed by atoms with van der Waals surface area (Å²) in [6, 6.07) is 0. The highest BCUT2D eigenvalue weighted by atomic mass is 16.5. The number of carbonyl (C=O) groups excluding carboxylic acids is 2. The minimum atomic E-state index is -0.804. The van der Waals surface area contributed by atoms with Gasteiger partial charge >= 0.3 is 11.9 Å². The molecule has 0 saturated heterocycles. The van der Waals surface area contributed by atoms with Crippen LogP contribution in [0.2, 0.25) is 0 Å². The molecular formula is C34H52O6. The molecule has 0 amide bonds. The Morgan fingerprint density at radius 1 is 0.975 bits per heavy atom. The standard InChI is InChI=1S/C34H52O6/c1-9-18-40-25-11-12-31(4)24(34(25,7)28(38)39-8)10-13-33(6)26(31)23(35)19-21-22-20-30(3,27(36)37)15-14-29(22,2)16-17-32(21,33)5/h19,22,24-26H,9-18,20H2,1-8H3,(H,36,37)/t22-,24+,25-,26+,29+,30-,31-,32+,33+,34-/m0/s1. The minimum Gasteiger partial charge on any atom is -0.481 e. The highest BCUT2D eigenvalue weighted by Crippen LogP contribution is 2.75. The number of rotatable bonds is 5. The van der Waals surface area contributed by atoms with E-state index in [0.717, 1.165) is 51.4 Å². The van der Waals surface area contributed by atoms with Crippen molar-refractivity contribution < 1.29 is 29.0 Å². The van der Waals surface area contributed by atoms with Crippen LogP contribution in [0.25, 0.3) is 0 Å². The van der Waals surface area contributed by atoms with Crippen molar-refractivity contribution in [2.75, 3.05) is 13.7 Å². The van der Waals surface area contributed by atoms with Gasteiger partial charge in [-0.25, -0.2) is 0 Å². The fraction of sp³-hybridized carbons (Fsp3) is 0.853. The maximum absolute atomic E-state index is 14.5. The van der Waals surface area contributed by atoms with E-state index in [-0.39, 0.29) is 57.3 Å². The molecule has 40 heavy (non-hydrogen) atoms. The average molecular weight is 557 g/mol. The summed E-state index contributed by atoms with van der Waals surface area (Å²) in [5.41, 5.74) is -1.11. The highest BCUT2D eigenvalue weighted by molar-refractivity contribution is 5.96. The van der Waals surface area contributed by atoms with E-state index in [1.54, 1.807) is 0 Å². The van der Waals surface area contributed by atoms with Crippen LogP contribution < -0.4 is 0 Å². The second kappa shape index (κ2) is 9.41. The number of methoxy groups -OCH3 is 1. The maximum Gasteiger partial charge on any atom is 0.314 e. The van der Waals surface area contributed by atoms with Crippen LogP contribution in [0.15, 0.2) is 11.6 Å². The Morgan fingerprint density at radius 3 is 2.27 bits per heavy atom. The summed E-state index contributed by atoms with van der Waals surface area (Å²) in [7, 11) is 1.47. The molecule has 10 atom stereocenters. The van der Waals surface area contributed by atoms with Crippen molar-refractivity contribution >= 4 is 17.7 Å². The molecule has 0 aromatic heterocycles. The molecule has 0 spiro atoms. The molecule has 5 aliphatic carbocycles. The summed E-state index contributed by atoms with van der Waals surface area (Å²) in [4.78, 5) is 40.4. The molecule has 224 valence electrons. The van der Waals surface area contributed by atoms with Gasteiger partial charge in [0, 0.05) is 12.5 Å². The number of aliphatic carboxylic acids is 1. The molecule has 0 radical (unpaired) electrons. The van der Waals surface area contributed by atoms with Crippen molar-refractivity contribution in [3.8, 4) is 0 Å². The van der Waals surface area contributed by atoms with Gasteiger partial charge in [0.15, 0.2) is 5.78 Å². The number of carboxylic acid groups (broad SMARTS) is 1. The van der Waals surface area contributed by atoms with Gasteiger partial charge in [-0.3, -0.25) is 14.4 Å². The number of hydrogen-bond acceptors (Lipinski definition) is 5. The van der Waals surface area contributed by atoms with Crippen LogP contribution in [0.4, 0.5) is 0 Å². The van der Waals surface area contributed by atoms with E-state index >= 15 is 0 Å². The van der Waals surface area contributed by atoms with Crippen molar-refractivity contribution in [2.45, 2.75) is 119 Å². The topological polar surface area (TPSA) is 89.9 Å². The van der Waals surface area contributed by atoms with Gasteiger partial charge in [-0.1, -0.05) is 40.2 Å². The quantitative estimate of drug-likeness (QED) is 0.367. The van der Waals surface area contributed by atoms with Crippen molar-refractivity contribution in [1.29, 1.82) is 0 Å². The van der Waals surface area contributed by atoms with Crippen LogP contribution in [0, 0.1) is 50.2 Å². The van der Waals surface area contributed by atoms with Gasteiger partial charge in [0.1, 0.15) is 0 Å². The van der Waals surface area contributed by atoms with E-state index in [1.165, 1.54) is 12.7 Å². The SMILES string of the molecule is CCCO[C@H]1CC[C@@]2(C)[C@@H](CC[C@]3(C)[C@@H]2C(=O)C=C2[C@@H]4C[C@@](C)(C(=O)O)CC[C@]4(C)CC[C@]23C)[C@]1(C)C(=O)OC. The zero-order chi connectivity index (χ0) is 29.5. The first-order chi connectivity index (χ1) is 18.6. The third kappa shape index (κ3) is 3.72. The number of carboxylic acids is 1. The molecule has 4 saturated carbocycles. The van der Waals surface area contributed by atoms with Crippen molar-refractivity contribution in [3.63, 3.8) is 0 Å². The number of hydrogen-bond donors (Lipinski definition) is 1. The lowest BCUT2D eigenvalue weighted by molar-refractivity contribution is -0.222. The Bertz CT molecular complexity index is 1130. The number of carbonyl (C=O) groups is 3. The van der Waals surface area contributed by atoms with Crippen LogP contribution in [0.5, 0.6) is 0 Å². The fourth-order valence-electron chi connectivity index (χ4n) is 11.1. The number of ketones is 1. The van der Waals surface area contributed by atoms with Gasteiger partial charge < -0.3 is 14.6 Å². The molecule has 0 unspecified atom stereocenters. The van der Waals surface area contributed by atoms with E-state index in [1.807, 2.05) is 19.9 Å². The Kier molecular flexibility index (Phi) is 7.01. The molecule has 0 heterocycles. The number of fused-ring (bicyclic) bond motifs is 7. The summed E-state index contributed by atoms with van der Waals surface area (Å²) in [5, 5.41) is 10.1. The van der Waals surface area contributed by atoms with Crippen molar-refractivity contribution in [3.05, 3.63) is 11.6 Å². The van der Waals surface area contributed by atoms with Gasteiger partial charge in [0.25, 0.3) is 0 Å². The smallest absolute Gasteiger partial charge is 0.314 e. The summed E-state index contributed by atoms with van der Waals surface area (Å²) in [6.45, 7) is 15.9. The monoisotopic (exact) mass is 556 g/mol. The normalized spacial score (nSPS) is 50.0. The minimum absolute atomic E-state index is 0.0116. The predicted octanol–water partition coefficient (Wildman–Crippen LogP) is 7.00. The van der Waals surface area contributed by atoms with Gasteiger partial charge in [-0.2, -0.15) is 0 Å². The van der Waals surface area contributed by atoms with Gasteiger partial charge in [-0.05, 0) is 118 Å². The Hall–Kier alpha value is -1.69. The zero-order valence-electron chi connectivity index (χ0n) is 26.2. The number of ether oxygens (including phenoxy) is 2. The van der Waals surface area contributed by atoms with Gasteiger partial charge in [0.05, 0.1) is 24.0 Å². The van der Waals surface area contributed by atoms with Gasteiger partial charge in [0.2, 0.25) is 0 Å². The van der Waals surface area contributed by atoms with Crippen LogP contribution in [0.3, 0.4) is 0 Å². The molecule has 5 aliphatic rings. The second-order valence-corrected chi connectivity index (χ2v) is 15.7.